The van der Waals surface area contributed by atoms with Gasteiger partial charge in [-0.3, -0.25) is 0 Å². The molecule has 1 saturated heterocycles. The van der Waals surface area contributed by atoms with Gasteiger partial charge in [-0.25, -0.2) is 0 Å². The van der Waals surface area contributed by atoms with Gasteiger partial charge in [-0.2, -0.15) is 0 Å². The second-order valence-corrected chi connectivity index (χ2v) is 8.19. The van der Waals surface area contributed by atoms with Gasteiger partial charge in [-0.05, 0) is 18.2 Å². The van der Waals surface area contributed by atoms with E-state index < -0.39 is 37.3 Å². The Balaban J connectivity index is 1.38. The third-order valence-electron chi connectivity index (χ3n) is 6.35. The summed E-state index contributed by atoms with van der Waals surface area (Å²) in [5.74, 6) is 2.60. The predicted molar refractivity (Wildman–Crippen MR) is 112 cm³/mol. The highest BCUT2D eigenvalue weighted by Crippen LogP contribution is 2.56. The van der Waals surface area contributed by atoms with E-state index in [0.29, 0.717) is 35.4 Å². The van der Waals surface area contributed by atoms with E-state index in [2.05, 4.69) is 0 Å². The third-order valence-corrected chi connectivity index (χ3v) is 6.35. The maximum absolute atomic E-state index is 10.2. The fraction of sp³-hybridized carbons (Fsp3) is 0.478. The van der Waals surface area contributed by atoms with Crippen molar-refractivity contribution in [1.29, 1.82) is 0 Å². The zero-order valence-corrected chi connectivity index (χ0v) is 18.1. The summed E-state index contributed by atoms with van der Waals surface area (Å²) in [4.78, 5) is 0. The normalized spacial score (nSPS) is 32.0. The molecule has 1 fully saturated rings. The van der Waals surface area contributed by atoms with Crippen molar-refractivity contribution in [1.82, 2.24) is 0 Å². The second-order valence-electron chi connectivity index (χ2n) is 8.19. The first-order valence-corrected chi connectivity index (χ1v) is 10.6. The molecule has 2 aromatic carbocycles. The second kappa shape index (κ2) is 8.54. The number of hydrogen-bond acceptors (Lipinski definition) is 10. The van der Waals surface area contributed by atoms with E-state index in [1.165, 1.54) is 0 Å². The van der Waals surface area contributed by atoms with E-state index in [-0.39, 0.29) is 12.0 Å². The van der Waals surface area contributed by atoms with Crippen molar-refractivity contribution < 1.29 is 48.8 Å². The molecule has 10 heteroatoms. The molecule has 0 radical (unpaired) electrons. The number of hydrogen-bond donors (Lipinski definition) is 4. The molecule has 0 unspecified atom stereocenters. The summed E-state index contributed by atoms with van der Waals surface area (Å²) in [6.45, 7) is -0.156. The number of methoxy groups -OCH3 is 2. The van der Waals surface area contributed by atoms with Crippen LogP contribution < -0.4 is 23.7 Å². The van der Waals surface area contributed by atoms with Gasteiger partial charge in [0, 0.05) is 17.2 Å². The van der Waals surface area contributed by atoms with Gasteiger partial charge in [0.05, 0.1) is 33.4 Å². The molecule has 0 aromatic heterocycles. The number of aliphatic hydroxyl groups is 4. The molecule has 10 nitrogen and oxygen atoms in total. The molecule has 3 heterocycles. The van der Waals surface area contributed by atoms with Gasteiger partial charge < -0.3 is 48.8 Å². The minimum absolute atomic E-state index is 0.0236. The van der Waals surface area contributed by atoms with Gasteiger partial charge in [0.1, 0.15) is 42.0 Å². The minimum Gasteiger partial charge on any atom is -0.493 e. The van der Waals surface area contributed by atoms with Crippen molar-refractivity contribution in [2.45, 2.75) is 42.7 Å². The maximum atomic E-state index is 10.2. The van der Waals surface area contributed by atoms with Crippen LogP contribution in [0.2, 0.25) is 0 Å². The Bertz CT molecular complexity index is 1020. The van der Waals surface area contributed by atoms with E-state index >= 15 is 0 Å². The van der Waals surface area contributed by atoms with Crippen LogP contribution in [0.5, 0.6) is 28.7 Å². The predicted octanol–water partition coefficient (Wildman–Crippen LogP) is 0.492. The van der Waals surface area contributed by atoms with Crippen LogP contribution in [0.4, 0.5) is 0 Å². The number of rotatable bonds is 5. The Kier molecular flexibility index (Phi) is 5.71. The van der Waals surface area contributed by atoms with Crippen LogP contribution in [0.3, 0.4) is 0 Å². The van der Waals surface area contributed by atoms with Crippen molar-refractivity contribution in [2.75, 3.05) is 27.4 Å². The van der Waals surface area contributed by atoms with E-state index in [9.17, 15) is 20.4 Å². The monoisotopic (exact) mass is 462 g/mol. The highest BCUT2D eigenvalue weighted by Gasteiger charge is 2.46. The van der Waals surface area contributed by atoms with Gasteiger partial charge in [-0.15, -0.1) is 0 Å². The average molecular weight is 462 g/mol. The van der Waals surface area contributed by atoms with Gasteiger partial charge in [-0.1, -0.05) is 6.07 Å². The molecule has 33 heavy (non-hydrogen) atoms. The summed E-state index contributed by atoms with van der Waals surface area (Å²) in [6.07, 6.45) is -7.09. The van der Waals surface area contributed by atoms with Crippen LogP contribution >= 0.6 is 0 Å². The van der Waals surface area contributed by atoms with Crippen LogP contribution in [0.15, 0.2) is 30.3 Å². The Morgan fingerprint density at radius 3 is 2.48 bits per heavy atom. The van der Waals surface area contributed by atoms with Crippen molar-refractivity contribution in [3.05, 3.63) is 41.5 Å². The molecular formula is C23H26O10. The highest BCUT2D eigenvalue weighted by atomic mass is 16.7. The topological polar surface area (TPSA) is 136 Å². The molecule has 2 aromatic rings. The summed E-state index contributed by atoms with van der Waals surface area (Å²) in [6, 6.07) is 8.93. The van der Waals surface area contributed by atoms with Crippen LogP contribution in [0, 0.1) is 0 Å². The molecule has 3 aliphatic heterocycles. The molecule has 0 amide bonds. The first-order valence-electron chi connectivity index (χ1n) is 10.6. The van der Waals surface area contributed by atoms with Crippen LogP contribution in [-0.2, 0) is 4.74 Å². The van der Waals surface area contributed by atoms with Crippen LogP contribution in [0.1, 0.15) is 23.1 Å². The molecule has 5 rings (SSSR count). The maximum Gasteiger partial charge on any atom is 0.229 e. The minimum atomic E-state index is -1.52. The quantitative estimate of drug-likeness (QED) is 0.497. The van der Waals surface area contributed by atoms with Gasteiger partial charge >= 0.3 is 0 Å². The zero-order chi connectivity index (χ0) is 23.3. The van der Waals surface area contributed by atoms with Crippen molar-refractivity contribution >= 4 is 0 Å². The number of benzene rings is 2. The van der Waals surface area contributed by atoms with E-state index in [1.54, 1.807) is 32.4 Å². The summed E-state index contributed by atoms with van der Waals surface area (Å²) in [7, 11) is 3.14. The molecule has 4 N–H and O–H groups in total. The van der Waals surface area contributed by atoms with Gasteiger partial charge in [0.25, 0.3) is 0 Å². The molecule has 3 aliphatic rings. The Labute approximate surface area is 189 Å². The zero-order valence-electron chi connectivity index (χ0n) is 18.1. The largest absolute Gasteiger partial charge is 0.493 e. The van der Waals surface area contributed by atoms with E-state index in [1.807, 2.05) is 12.1 Å². The lowest BCUT2D eigenvalue weighted by Crippen LogP contribution is -2.60. The van der Waals surface area contributed by atoms with Crippen molar-refractivity contribution in [3.8, 4) is 28.7 Å². The van der Waals surface area contributed by atoms with E-state index in [0.717, 1.165) is 11.1 Å². The first-order chi connectivity index (χ1) is 16.0. The third kappa shape index (κ3) is 3.54. The lowest BCUT2D eigenvalue weighted by molar-refractivity contribution is -0.277. The molecule has 7 atom stereocenters. The Hall–Kier alpha value is -2.76. The molecule has 0 saturated carbocycles. The van der Waals surface area contributed by atoms with Crippen molar-refractivity contribution in [2.24, 2.45) is 0 Å². The van der Waals surface area contributed by atoms with Crippen LogP contribution in [-0.4, -0.2) is 78.6 Å². The number of fused-ring (bicyclic) bond motifs is 5. The summed E-state index contributed by atoms with van der Waals surface area (Å²) in [5, 5.41) is 39.5. The molecule has 0 spiro atoms. The number of ether oxygens (including phenoxy) is 6. The number of aliphatic hydroxyl groups excluding tert-OH is 4. The SMILES string of the molecule is COc1ccc2c(c1OC)O[C@H]1c3ccc(O[C@@H]4O[C@H](CO)[C@@H](O)[C@H](O)[C@H]4O)cc3OC[C@@H]21. The standard InChI is InChI=1S/C23H26O10/c1-28-14-6-5-11-13-9-30-15-7-10(3-4-12(15)20(13)33-21(11)22(14)29-2)31-23-19(27)18(26)17(25)16(8-24)32-23/h3-7,13,16-20,23-27H,8-9H2,1-2H3/t13-,16+,17+,18-,19+,20-,23+/m0/s1. The lowest BCUT2D eigenvalue weighted by atomic mass is 9.89. The molecule has 0 bridgehead atoms. The smallest absolute Gasteiger partial charge is 0.229 e. The fourth-order valence-electron chi connectivity index (χ4n) is 4.58. The Morgan fingerprint density at radius 2 is 1.76 bits per heavy atom. The summed E-state index contributed by atoms with van der Waals surface area (Å²) in [5.41, 5.74) is 1.80. The summed E-state index contributed by atoms with van der Waals surface area (Å²) < 4.78 is 34.3. The molecule has 0 aliphatic carbocycles. The van der Waals surface area contributed by atoms with Gasteiger partial charge in [0.2, 0.25) is 12.0 Å². The lowest BCUT2D eigenvalue weighted by Gasteiger charge is -2.39. The first kappa shape index (κ1) is 22.1. The van der Waals surface area contributed by atoms with Crippen LogP contribution in [0.25, 0.3) is 0 Å². The van der Waals surface area contributed by atoms with Gasteiger partial charge in [0.15, 0.2) is 11.5 Å². The summed E-state index contributed by atoms with van der Waals surface area (Å²) >= 11 is 0. The highest BCUT2D eigenvalue weighted by molar-refractivity contribution is 5.61. The Morgan fingerprint density at radius 1 is 0.970 bits per heavy atom. The van der Waals surface area contributed by atoms with Crippen molar-refractivity contribution in [3.63, 3.8) is 0 Å². The fourth-order valence-corrected chi connectivity index (χ4v) is 4.58. The average Bonchev–Trinajstić information content (AvgIpc) is 3.22. The molecular weight excluding hydrogens is 436 g/mol. The van der Waals surface area contributed by atoms with E-state index in [4.69, 9.17) is 28.4 Å². The molecule has 178 valence electrons.